The normalized spacial score (nSPS) is 21.7. The van der Waals surface area contributed by atoms with E-state index in [2.05, 4.69) is 11.4 Å². The van der Waals surface area contributed by atoms with Crippen LogP contribution in [0.4, 0.5) is 0 Å². The third-order valence-electron chi connectivity index (χ3n) is 5.11. The van der Waals surface area contributed by atoms with E-state index in [1.54, 1.807) is 11.1 Å². The van der Waals surface area contributed by atoms with Crippen LogP contribution in [-0.4, -0.2) is 29.9 Å². The highest BCUT2D eigenvalue weighted by Gasteiger charge is 2.24. The molecule has 0 aromatic carbocycles. The predicted octanol–water partition coefficient (Wildman–Crippen LogP) is 3.50. The number of hydrogen-bond donors (Lipinski definition) is 1. The van der Waals surface area contributed by atoms with Crippen LogP contribution in [0.25, 0.3) is 0 Å². The maximum absolute atomic E-state index is 12.5. The third-order valence-corrected chi connectivity index (χ3v) is 5.11. The molecular weight excluding hydrogens is 274 g/mol. The van der Waals surface area contributed by atoms with Crippen molar-refractivity contribution >= 4 is 5.91 Å². The van der Waals surface area contributed by atoms with Crippen LogP contribution in [0, 0.1) is 11.3 Å². The van der Waals surface area contributed by atoms with E-state index in [9.17, 15) is 10.1 Å². The zero-order valence-corrected chi connectivity index (χ0v) is 13.8. The van der Waals surface area contributed by atoms with Crippen LogP contribution >= 0.6 is 0 Å². The van der Waals surface area contributed by atoms with Gasteiger partial charge >= 0.3 is 0 Å². The number of likely N-dealkylation sites (N-methyl/N-ethyl adjacent to an activating group) is 1. The van der Waals surface area contributed by atoms with Crippen LogP contribution in [0.15, 0.2) is 11.8 Å². The summed E-state index contributed by atoms with van der Waals surface area (Å²) in [5.41, 5.74) is 0.248. The SMILES string of the molecule is CN(C(=O)/C(C#N)=C\NC1CCCCCC1)C1CCCCC1. The van der Waals surface area contributed by atoms with Crippen molar-refractivity contribution in [1.29, 1.82) is 5.26 Å². The maximum atomic E-state index is 12.5. The number of carbonyl (C=O) groups is 1. The lowest BCUT2D eigenvalue weighted by molar-refractivity contribution is -0.128. The maximum Gasteiger partial charge on any atom is 0.265 e. The highest BCUT2D eigenvalue weighted by atomic mass is 16.2. The predicted molar refractivity (Wildman–Crippen MR) is 88.0 cm³/mol. The van der Waals surface area contributed by atoms with E-state index in [0.717, 1.165) is 25.7 Å². The molecule has 0 saturated heterocycles. The average Bonchev–Trinajstić information content (AvgIpc) is 2.84. The number of nitrogens with one attached hydrogen (secondary N) is 1. The summed E-state index contributed by atoms with van der Waals surface area (Å²) in [7, 11) is 1.84. The molecule has 2 saturated carbocycles. The fourth-order valence-electron chi connectivity index (χ4n) is 3.61. The molecule has 0 radical (unpaired) electrons. The molecule has 2 fully saturated rings. The molecule has 0 atom stereocenters. The summed E-state index contributed by atoms with van der Waals surface area (Å²) in [6, 6.07) is 2.80. The second-order valence-electron chi connectivity index (χ2n) is 6.73. The van der Waals surface area contributed by atoms with Crippen molar-refractivity contribution in [2.45, 2.75) is 82.7 Å². The molecule has 0 aromatic heterocycles. The van der Waals surface area contributed by atoms with Crippen LogP contribution in [0.5, 0.6) is 0 Å². The van der Waals surface area contributed by atoms with Crippen LogP contribution in [0.2, 0.25) is 0 Å². The number of hydrogen-bond acceptors (Lipinski definition) is 3. The lowest BCUT2D eigenvalue weighted by Gasteiger charge is -2.31. The molecule has 0 aromatic rings. The van der Waals surface area contributed by atoms with Crippen molar-refractivity contribution in [3.8, 4) is 6.07 Å². The largest absolute Gasteiger partial charge is 0.387 e. The van der Waals surface area contributed by atoms with Crippen molar-refractivity contribution in [3.05, 3.63) is 11.8 Å². The number of amides is 1. The lowest BCUT2D eigenvalue weighted by atomic mass is 9.94. The molecule has 0 spiro atoms. The topological polar surface area (TPSA) is 56.1 Å². The Bertz CT molecular complexity index is 424. The van der Waals surface area contributed by atoms with Crippen molar-refractivity contribution in [1.82, 2.24) is 10.2 Å². The fourth-order valence-corrected chi connectivity index (χ4v) is 3.61. The molecule has 22 heavy (non-hydrogen) atoms. The van der Waals surface area contributed by atoms with Gasteiger partial charge in [0, 0.05) is 25.3 Å². The van der Waals surface area contributed by atoms with Gasteiger partial charge in [0.15, 0.2) is 0 Å². The van der Waals surface area contributed by atoms with Gasteiger partial charge < -0.3 is 10.2 Å². The van der Waals surface area contributed by atoms with Gasteiger partial charge in [-0.2, -0.15) is 5.26 Å². The zero-order valence-electron chi connectivity index (χ0n) is 13.8. The Kier molecular flexibility index (Phi) is 6.76. The first-order valence-corrected chi connectivity index (χ1v) is 8.86. The van der Waals surface area contributed by atoms with E-state index in [1.165, 1.54) is 44.9 Å². The molecule has 0 aliphatic heterocycles. The lowest BCUT2D eigenvalue weighted by Crippen LogP contribution is -2.39. The van der Waals surface area contributed by atoms with Crippen LogP contribution in [-0.2, 0) is 4.79 Å². The van der Waals surface area contributed by atoms with Crippen LogP contribution in [0.1, 0.15) is 70.6 Å². The fraction of sp³-hybridized carbons (Fsp3) is 0.778. The molecule has 2 aliphatic rings. The van der Waals surface area contributed by atoms with Crippen molar-refractivity contribution in [2.24, 2.45) is 0 Å². The van der Waals surface area contributed by atoms with E-state index in [0.29, 0.717) is 12.1 Å². The standard InChI is InChI=1S/C18H29N3O/c1-21(17-11-7-4-8-12-17)18(22)15(13-19)14-20-16-9-5-2-3-6-10-16/h14,16-17,20H,2-12H2,1H3/b15-14-. The van der Waals surface area contributed by atoms with Crippen molar-refractivity contribution in [3.63, 3.8) is 0 Å². The highest BCUT2D eigenvalue weighted by Crippen LogP contribution is 2.22. The molecule has 2 aliphatic carbocycles. The number of nitriles is 1. The molecule has 2 rings (SSSR count). The summed E-state index contributed by atoms with van der Waals surface area (Å²) in [6.07, 6.45) is 14.8. The molecule has 4 nitrogen and oxygen atoms in total. The summed E-state index contributed by atoms with van der Waals surface area (Å²) >= 11 is 0. The summed E-state index contributed by atoms with van der Waals surface area (Å²) in [5.74, 6) is -0.129. The Morgan fingerprint density at radius 1 is 1.05 bits per heavy atom. The van der Waals surface area contributed by atoms with E-state index in [-0.39, 0.29) is 11.5 Å². The van der Waals surface area contributed by atoms with Crippen molar-refractivity contribution in [2.75, 3.05) is 7.05 Å². The monoisotopic (exact) mass is 303 g/mol. The molecule has 1 N–H and O–H groups in total. The minimum absolute atomic E-state index is 0.129. The first-order valence-electron chi connectivity index (χ1n) is 8.86. The van der Waals surface area contributed by atoms with Gasteiger partial charge in [0.25, 0.3) is 5.91 Å². The van der Waals surface area contributed by atoms with Gasteiger partial charge in [0.2, 0.25) is 0 Å². The smallest absolute Gasteiger partial charge is 0.265 e. The molecule has 1 amide bonds. The first-order chi connectivity index (χ1) is 10.7. The second kappa shape index (κ2) is 8.82. The summed E-state index contributed by atoms with van der Waals surface area (Å²) in [4.78, 5) is 14.3. The quantitative estimate of drug-likeness (QED) is 0.491. The Morgan fingerprint density at radius 2 is 1.59 bits per heavy atom. The van der Waals surface area contributed by atoms with Crippen LogP contribution in [0.3, 0.4) is 0 Å². The second-order valence-corrected chi connectivity index (χ2v) is 6.73. The Balaban J connectivity index is 1.92. The van der Waals surface area contributed by atoms with Crippen molar-refractivity contribution < 1.29 is 4.79 Å². The highest BCUT2D eigenvalue weighted by molar-refractivity contribution is 5.97. The Morgan fingerprint density at radius 3 is 2.18 bits per heavy atom. The zero-order chi connectivity index (χ0) is 15.8. The van der Waals surface area contributed by atoms with Gasteiger partial charge in [-0.05, 0) is 25.7 Å². The molecule has 122 valence electrons. The van der Waals surface area contributed by atoms with Gasteiger partial charge in [-0.15, -0.1) is 0 Å². The van der Waals surface area contributed by atoms with E-state index in [4.69, 9.17) is 0 Å². The van der Waals surface area contributed by atoms with Gasteiger partial charge in [0.05, 0.1) is 0 Å². The molecule has 0 heterocycles. The average molecular weight is 303 g/mol. The first kappa shape index (κ1) is 16.9. The molecule has 0 bridgehead atoms. The van der Waals surface area contributed by atoms with Crippen LogP contribution < -0.4 is 5.32 Å². The minimum atomic E-state index is -0.129. The number of nitrogens with zero attached hydrogens (tertiary/aromatic N) is 2. The van der Waals surface area contributed by atoms with Gasteiger partial charge in [-0.1, -0.05) is 44.9 Å². The Hall–Kier alpha value is -1.50. The summed E-state index contributed by atoms with van der Waals surface area (Å²) < 4.78 is 0. The van der Waals surface area contributed by atoms with Gasteiger partial charge in [0.1, 0.15) is 11.6 Å². The Labute approximate surface area is 134 Å². The number of rotatable bonds is 4. The minimum Gasteiger partial charge on any atom is -0.387 e. The van der Waals surface area contributed by atoms with E-state index in [1.807, 2.05) is 7.05 Å². The number of carbonyl (C=O) groups excluding carboxylic acids is 1. The van der Waals surface area contributed by atoms with E-state index < -0.39 is 0 Å². The molecule has 0 unspecified atom stereocenters. The summed E-state index contributed by atoms with van der Waals surface area (Å²) in [5, 5.41) is 12.6. The summed E-state index contributed by atoms with van der Waals surface area (Å²) in [6.45, 7) is 0. The molecular formula is C18H29N3O. The van der Waals surface area contributed by atoms with E-state index >= 15 is 0 Å². The van der Waals surface area contributed by atoms with Gasteiger partial charge in [-0.25, -0.2) is 0 Å². The molecule has 4 heteroatoms. The third kappa shape index (κ3) is 4.76. The van der Waals surface area contributed by atoms with Gasteiger partial charge in [-0.3, -0.25) is 4.79 Å².